The number of carbonyl (C=O) groups excluding carboxylic acids is 2. The zero-order chi connectivity index (χ0) is 21.6. The summed E-state index contributed by atoms with van der Waals surface area (Å²) in [4.78, 5) is 33.0. The molecule has 0 saturated carbocycles. The standard InChI is InChI=1S/C21H25F2N3O3/c1-12(2)18(27)9-17-8-16(7-13(3)25-17)21(28)24-10-15-5-6-20(26-14(15)4)29-11-19(22)23/h5-8,12,19H,9-11H2,1-4H3,(H,24,28). The predicted octanol–water partition coefficient (Wildman–Crippen LogP) is 3.43. The Morgan fingerprint density at radius 2 is 1.86 bits per heavy atom. The highest BCUT2D eigenvalue weighted by molar-refractivity contribution is 5.94. The lowest BCUT2D eigenvalue weighted by atomic mass is 10.0. The number of hydrogen-bond donors (Lipinski definition) is 1. The highest BCUT2D eigenvalue weighted by Crippen LogP contribution is 2.14. The third-order valence-corrected chi connectivity index (χ3v) is 4.23. The Hall–Kier alpha value is -2.90. The lowest BCUT2D eigenvalue weighted by Gasteiger charge is -2.11. The second-order valence-corrected chi connectivity index (χ2v) is 7.07. The van der Waals surface area contributed by atoms with Gasteiger partial charge in [0.1, 0.15) is 5.78 Å². The molecule has 0 fully saturated rings. The lowest BCUT2D eigenvalue weighted by molar-refractivity contribution is -0.121. The van der Waals surface area contributed by atoms with Crippen LogP contribution in [-0.4, -0.2) is 34.7 Å². The van der Waals surface area contributed by atoms with E-state index in [1.807, 2.05) is 13.8 Å². The number of nitrogens with one attached hydrogen (secondary N) is 1. The molecule has 1 N–H and O–H groups in total. The zero-order valence-electron chi connectivity index (χ0n) is 17.0. The summed E-state index contributed by atoms with van der Waals surface area (Å²) in [5, 5.41) is 2.80. The Morgan fingerprint density at radius 3 is 2.48 bits per heavy atom. The van der Waals surface area contributed by atoms with Gasteiger partial charge in [-0.3, -0.25) is 14.6 Å². The van der Waals surface area contributed by atoms with Crippen LogP contribution in [0.25, 0.3) is 0 Å². The fourth-order valence-electron chi connectivity index (χ4n) is 2.60. The fraction of sp³-hybridized carbons (Fsp3) is 0.429. The van der Waals surface area contributed by atoms with Gasteiger partial charge in [-0.1, -0.05) is 19.9 Å². The number of amides is 1. The van der Waals surface area contributed by atoms with Crippen molar-refractivity contribution in [3.63, 3.8) is 0 Å². The topological polar surface area (TPSA) is 81.2 Å². The van der Waals surface area contributed by atoms with E-state index in [2.05, 4.69) is 15.3 Å². The molecule has 0 aliphatic heterocycles. The number of ketones is 1. The van der Waals surface area contributed by atoms with Crippen LogP contribution in [-0.2, 0) is 17.8 Å². The average Bonchev–Trinajstić information content (AvgIpc) is 2.64. The van der Waals surface area contributed by atoms with Crippen molar-refractivity contribution in [2.75, 3.05) is 6.61 Å². The molecule has 1 amide bonds. The maximum absolute atomic E-state index is 12.5. The van der Waals surface area contributed by atoms with E-state index in [1.54, 1.807) is 32.0 Å². The van der Waals surface area contributed by atoms with Gasteiger partial charge in [-0.05, 0) is 31.5 Å². The van der Waals surface area contributed by atoms with Crippen molar-refractivity contribution in [3.05, 3.63) is 52.5 Å². The van der Waals surface area contributed by atoms with E-state index in [0.29, 0.717) is 22.6 Å². The monoisotopic (exact) mass is 405 g/mol. The Morgan fingerprint density at radius 1 is 1.14 bits per heavy atom. The molecule has 0 unspecified atom stereocenters. The van der Waals surface area contributed by atoms with Crippen LogP contribution < -0.4 is 10.1 Å². The van der Waals surface area contributed by atoms with Gasteiger partial charge in [0.25, 0.3) is 12.3 Å². The van der Waals surface area contributed by atoms with E-state index in [9.17, 15) is 18.4 Å². The van der Waals surface area contributed by atoms with Crippen LogP contribution >= 0.6 is 0 Å². The molecule has 29 heavy (non-hydrogen) atoms. The number of alkyl halides is 2. The summed E-state index contributed by atoms with van der Waals surface area (Å²) in [6, 6.07) is 6.44. The predicted molar refractivity (Wildman–Crippen MR) is 104 cm³/mol. The van der Waals surface area contributed by atoms with Crippen molar-refractivity contribution in [1.29, 1.82) is 0 Å². The number of ether oxygens (including phenoxy) is 1. The number of aryl methyl sites for hydroxylation is 2. The van der Waals surface area contributed by atoms with Gasteiger partial charge < -0.3 is 10.1 Å². The van der Waals surface area contributed by atoms with Gasteiger partial charge in [-0.25, -0.2) is 13.8 Å². The molecule has 2 aromatic heterocycles. The second kappa shape index (κ2) is 10.0. The van der Waals surface area contributed by atoms with Gasteiger partial charge in [0.2, 0.25) is 5.88 Å². The molecule has 6 nitrogen and oxygen atoms in total. The van der Waals surface area contributed by atoms with Crippen LogP contribution in [0.4, 0.5) is 8.78 Å². The molecular formula is C21H25F2N3O3. The third kappa shape index (κ3) is 6.89. The Bertz CT molecular complexity index is 885. The van der Waals surface area contributed by atoms with Gasteiger partial charge in [-0.2, -0.15) is 0 Å². The molecule has 0 bridgehead atoms. The van der Waals surface area contributed by atoms with E-state index in [0.717, 1.165) is 5.56 Å². The molecule has 0 saturated heterocycles. The number of rotatable bonds is 9. The first kappa shape index (κ1) is 22.4. The molecule has 2 rings (SSSR count). The van der Waals surface area contributed by atoms with Crippen molar-refractivity contribution in [3.8, 4) is 5.88 Å². The van der Waals surface area contributed by atoms with Crippen LogP contribution in [0.3, 0.4) is 0 Å². The summed E-state index contributed by atoms with van der Waals surface area (Å²) < 4.78 is 29.3. The number of aromatic nitrogens is 2. The van der Waals surface area contributed by atoms with Crippen LogP contribution in [0.1, 0.15) is 46.9 Å². The number of pyridine rings is 2. The summed E-state index contributed by atoms with van der Waals surface area (Å²) in [5.74, 6) is -0.226. The first-order valence-electron chi connectivity index (χ1n) is 9.31. The molecule has 0 aromatic carbocycles. The van der Waals surface area contributed by atoms with Gasteiger partial charge >= 0.3 is 0 Å². The summed E-state index contributed by atoms with van der Waals surface area (Å²) in [6.07, 6.45) is -2.39. The van der Waals surface area contributed by atoms with Crippen molar-refractivity contribution < 1.29 is 23.1 Å². The molecular weight excluding hydrogens is 380 g/mol. The minimum absolute atomic E-state index is 0.0605. The highest BCUT2D eigenvalue weighted by atomic mass is 19.3. The number of hydrogen-bond acceptors (Lipinski definition) is 5. The first-order valence-corrected chi connectivity index (χ1v) is 9.31. The maximum atomic E-state index is 12.5. The lowest BCUT2D eigenvalue weighted by Crippen LogP contribution is -2.24. The fourth-order valence-corrected chi connectivity index (χ4v) is 2.60. The molecule has 0 radical (unpaired) electrons. The molecule has 0 atom stereocenters. The minimum Gasteiger partial charge on any atom is -0.472 e. The Kier molecular flexibility index (Phi) is 7.75. The summed E-state index contributed by atoms with van der Waals surface area (Å²) >= 11 is 0. The van der Waals surface area contributed by atoms with E-state index in [1.165, 1.54) is 6.07 Å². The van der Waals surface area contributed by atoms with E-state index >= 15 is 0 Å². The Balaban J connectivity index is 2.03. The number of nitrogens with zero attached hydrogens (tertiary/aromatic N) is 2. The van der Waals surface area contributed by atoms with Crippen LogP contribution in [0.5, 0.6) is 5.88 Å². The number of halogens is 2. The minimum atomic E-state index is -2.57. The molecule has 0 aliphatic carbocycles. The highest BCUT2D eigenvalue weighted by Gasteiger charge is 2.14. The van der Waals surface area contributed by atoms with Crippen molar-refractivity contribution in [1.82, 2.24) is 15.3 Å². The van der Waals surface area contributed by atoms with Gasteiger partial charge in [-0.15, -0.1) is 0 Å². The zero-order valence-corrected chi connectivity index (χ0v) is 17.0. The van der Waals surface area contributed by atoms with E-state index in [4.69, 9.17) is 4.74 Å². The van der Waals surface area contributed by atoms with Crippen molar-refractivity contribution in [2.45, 2.75) is 47.1 Å². The normalized spacial score (nSPS) is 11.0. The van der Waals surface area contributed by atoms with Crippen LogP contribution in [0.15, 0.2) is 24.3 Å². The van der Waals surface area contributed by atoms with Gasteiger partial charge in [0.05, 0.1) is 0 Å². The summed E-state index contributed by atoms with van der Waals surface area (Å²) in [7, 11) is 0. The second-order valence-electron chi connectivity index (χ2n) is 7.07. The number of carbonyl (C=O) groups is 2. The van der Waals surface area contributed by atoms with Crippen LogP contribution in [0.2, 0.25) is 0 Å². The van der Waals surface area contributed by atoms with Crippen molar-refractivity contribution in [2.24, 2.45) is 5.92 Å². The number of Topliss-reactive ketones (excluding diaryl/α,β-unsaturated/α-hetero) is 1. The van der Waals surface area contributed by atoms with Crippen LogP contribution in [0, 0.1) is 19.8 Å². The molecule has 2 aromatic rings. The maximum Gasteiger partial charge on any atom is 0.272 e. The molecule has 2 heterocycles. The summed E-state index contributed by atoms with van der Waals surface area (Å²) in [5.41, 5.74) is 2.95. The van der Waals surface area contributed by atoms with Gasteiger partial charge in [0.15, 0.2) is 6.61 Å². The summed E-state index contributed by atoms with van der Waals surface area (Å²) in [6.45, 7) is 6.63. The largest absolute Gasteiger partial charge is 0.472 e. The van der Waals surface area contributed by atoms with E-state index < -0.39 is 13.0 Å². The van der Waals surface area contributed by atoms with Gasteiger partial charge in [0, 0.05) is 47.6 Å². The molecule has 0 spiro atoms. The SMILES string of the molecule is Cc1cc(C(=O)NCc2ccc(OCC(F)F)nc2C)cc(CC(=O)C(C)C)n1. The van der Waals surface area contributed by atoms with E-state index in [-0.39, 0.29) is 36.5 Å². The molecule has 0 aliphatic rings. The average molecular weight is 405 g/mol. The molecule has 8 heteroatoms. The Labute approximate surface area is 168 Å². The quantitative estimate of drug-likeness (QED) is 0.691. The molecule has 156 valence electrons. The first-order chi connectivity index (χ1) is 13.7. The van der Waals surface area contributed by atoms with Crippen molar-refractivity contribution >= 4 is 11.7 Å². The third-order valence-electron chi connectivity index (χ3n) is 4.23. The smallest absolute Gasteiger partial charge is 0.272 e.